The van der Waals surface area contributed by atoms with E-state index in [4.69, 9.17) is 16.3 Å². The Bertz CT molecular complexity index is 1220. The molecule has 0 fully saturated rings. The third kappa shape index (κ3) is 7.16. The van der Waals surface area contributed by atoms with E-state index in [1.807, 2.05) is 0 Å². The number of nitrogens with zero attached hydrogens (tertiary/aromatic N) is 1. The molecule has 0 aromatic heterocycles. The summed E-state index contributed by atoms with van der Waals surface area (Å²) in [7, 11) is -3.81. The van der Waals surface area contributed by atoms with Crippen LogP contribution in [0.3, 0.4) is 0 Å². The summed E-state index contributed by atoms with van der Waals surface area (Å²) in [4.78, 5) is 12.4. The Morgan fingerprint density at radius 3 is 2.24 bits per heavy atom. The molecule has 3 aromatic carbocycles. The van der Waals surface area contributed by atoms with Crippen LogP contribution in [-0.4, -0.2) is 27.1 Å². The monoisotopic (exact) mass is 494 g/mol. The molecule has 33 heavy (non-hydrogen) atoms. The molecular weight excluding hydrogens is 474 g/mol. The third-order valence-corrected chi connectivity index (χ3v) is 6.04. The number of hydrogen-bond donors (Lipinski definition) is 1. The Hall–Kier alpha value is -3.17. The summed E-state index contributed by atoms with van der Waals surface area (Å²) in [6, 6.07) is 16.4. The maximum atomic E-state index is 13.4. The van der Waals surface area contributed by atoms with Crippen molar-refractivity contribution in [3.63, 3.8) is 0 Å². The molecule has 0 heterocycles. The summed E-state index contributed by atoms with van der Waals surface area (Å²) in [5.41, 5.74) is 1.68. The van der Waals surface area contributed by atoms with Crippen molar-refractivity contribution in [2.45, 2.75) is 13.2 Å². The summed E-state index contributed by atoms with van der Waals surface area (Å²) in [5, 5.41) is 2.40. The number of rotatable bonds is 9. The van der Waals surface area contributed by atoms with E-state index >= 15 is 0 Å². The van der Waals surface area contributed by atoms with E-state index < -0.39 is 28.3 Å². The van der Waals surface area contributed by atoms with Crippen molar-refractivity contribution in [3.05, 3.63) is 94.5 Å². The van der Waals surface area contributed by atoms with E-state index in [1.165, 1.54) is 18.2 Å². The van der Waals surface area contributed by atoms with Crippen LogP contribution in [-0.2, 0) is 28.0 Å². The lowest BCUT2D eigenvalue weighted by Gasteiger charge is -2.22. The molecule has 0 aliphatic carbocycles. The Balaban J connectivity index is 1.55. The third-order valence-electron chi connectivity index (χ3n) is 4.61. The number of halogens is 3. The number of ether oxygens (including phenoxy) is 1. The zero-order chi connectivity index (χ0) is 24.0. The first-order valence-corrected chi connectivity index (χ1v) is 12.0. The number of anilines is 1. The van der Waals surface area contributed by atoms with Crippen LogP contribution in [0.25, 0.3) is 0 Å². The van der Waals surface area contributed by atoms with Crippen molar-refractivity contribution in [1.29, 1.82) is 0 Å². The van der Waals surface area contributed by atoms with E-state index in [2.05, 4.69) is 5.32 Å². The van der Waals surface area contributed by atoms with Crippen LogP contribution in [0.1, 0.15) is 11.1 Å². The van der Waals surface area contributed by atoms with Gasteiger partial charge in [-0.25, -0.2) is 17.2 Å². The number of amides is 1. The van der Waals surface area contributed by atoms with Gasteiger partial charge >= 0.3 is 0 Å². The Morgan fingerprint density at radius 2 is 1.64 bits per heavy atom. The van der Waals surface area contributed by atoms with Gasteiger partial charge in [0.1, 0.15) is 30.5 Å². The highest BCUT2D eigenvalue weighted by Gasteiger charge is 2.21. The first kappa shape index (κ1) is 24.5. The van der Waals surface area contributed by atoms with Crippen molar-refractivity contribution in [2.24, 2.45) is 0 Å². The van der Waals surface area contributed by atoms with Gasteiger partial charge in [0.05, 0.1) is 17.0 Å². The van der Waals surface area contributed by atoms with Gasteiger partial charge in [0, 0.05) is 6.54 Å². The Morgan fingerprint density at radius 1 is 1.00 bits per heavy atom. The van der Waals surface area contributed by atoms with Gasteiger partial charge in [-0.15, -0.1) is 0 Å². The smallest absolute Gasteiger partial charge is 0.241 e. The van der Waals surface area contributed by atoms with Crippen LogP contribution in [0.5, 0.6) is 5.75 Å². The topological polar surface area (TPSA) is 75.7 Å². The van der Waals surface area contributed by atoms with Crippen LogP contribution in [0.2, 0.25) is 5.02 Å². The molecule has 6 nitrogen and oxygen atoms in total. The first-order chi connectivity index (χ1) is 15.6. The van der Waals surface area contributed by atoms with E-state index in [1.54, 1.807) is 36.4 Å². The highest BCUT2D eigenvalue weighted by molar-refractivity contribution is 7.92. The molecule has 0 aliphatic rings. The number of hydrogen-bond acceptors (Lipinski definition) is 4. The maximum Gasteiger partial charge on any atom is 0.241 e. The molecule has 3 aromatic rings. The van der Waals surface area contributed by atoms with Gasteiger partial charge in [0.15, 0.2) is 0 Å². The second-order valence-electron chi connectivity index (χ2n) is 7.20. The molecular formula is C23H21ClF2N2O4S. The van der Waals surface area contributed by atoms with Crippen LogP contribution in [0.4, 0.5) is 14.5 Å². The lowest BCUT2D eigenvalue weighted by atomic mass is 10.2. The van der Waals surface area contributed by atoms with Gasteiger partial charge in [0.2, 0.25) is 15.9 Å². The number of benzene rings is 3. The lowest BCUT2D eigenvalue weighted by molar-refractivity contribution is -0.119. The van der Waals surface area contributed by atoms with Crippen molar-refractivity contribution < 1.29 is 26.7 Å². The number of carbonyl (C=O) groups is 1. The first-order valence-electron chi connectivity index (χ1n) is 9.77. The van der Waals surface area contributed by atoms with Crippen molar-refractivity contribution in [1.82, 2.24) is 5.32 Å². The average Bonchev–Trinajstić information content (AvgIpc) is 2.77. The normalized spacial score (nSPS) is 11.2. The fourth-order valence-corrected chi connectivity index (χ4v) is 3.90. The molecule has 0 atom stereocenters. The largest absolute Gasteiger partial charge is 0.489 e. The van der Waals surface area contributed by atoms with Gasteiger partial charge in [0.25, 0.3) is 0 Å². The minimum absolute atomic E-state index is 0.0849. The van der Waals surface area contributed by atoms with Gasteiger partial charge < -0.3 is 10.1 Å². The summed E-state index contributed by atoms with van der Waals surface area (Å²) in [5.74, 6) is -0.946. The zero-order valence-corrected chi connectivity index (χ0v) is 19.2. The Labute approximate surface area is 195 Å². The fraction of sp³-hybridized carbons (Fsp3) is 0.174. The number of sulfonamides is 1. The average molecular weight is 495 g/mol. The van der Waals surface area contributed by atoms with E-state index in [0.29, 0.717) is 5.75 Å². The molecule has 0 saturated carbocycles. The quantitative estimate of drug-likeness (QED) is 0.482. The predicted molar refractivity (Wildman–Crippen MR) is 123 cm³/mol. The van der Waals surface area contributed by atoms with Crippen molar-refractivity contribution in [2.75, 3.05) is 17.1 Å². The van der Waals surface area contributed by atoms with Gasteiger partial charge in [-0.3, -0.25) is 9.10 Å². The molecule has 0 radical (unpaired) electrons. The van der Waals surface area contributed by atoms with Crippen LogP contribution in [0.15, 0.2) is 66.7 Å². The lowest BCUT2D eigenvalue weighted by Crippen LogP contribution is -2.40. The summed E-state index contributed by atoms with van der Waals surface area (Å²) >= 11 is 5.74. The molecule has 1 amide bonds. The Kier molecular flexibility index (Phi) is 7.88. The molecule has 0 aliphatic heterocycles. The summed E-state index contributed by atoms with van der Waals surface area (Å²) < 4.78 is 57.1. The fourth-order valence-electron chi connectivity index (χ4n) is 2.88. The molecule has 10 heteroatoms. The van der Waals surface area contributed by atoms with Crippen molar-refractivity contribution >= 4 is 33.2 Å². The second-order valence-corrected chi connectivity index (χ2v) is 9.52. The van der Waals surface area contributed by atoms with Crippen LogP contribution < -0.4 is 14.4 Å². The standard InChI is InChI=1S/C23H21ClF2N2O4S/c1-33(30,31)28(19-8-11-22(26)21(24)12-19)14-23(29)27-13-16-4-9-20(10-5-16)32-15-17-2-6-18(25)7-3-17/h2-12H,13-15H2,1H3,(H,27,29). The summed E-state index contributed by atoms with van der Waals surface area (Å²) in [6.45, 7) is -0.0381. The van der Waals surface area contributed by atoms with Crippen LogP contribution in [0, 0.1) is 11.6 Å². The predicted octanol–water partition coefficient (Wildman–Crippen LogP) is 4.28. The van der Waals surface area contributed by atoms with Gasteiger partial charge in [-0.2, -0.15) is 0 Å². The second kappa shape index (κ2) is 10.6. The zero-order valence-electron chi connectivity index (χ0n) is 17.6. The highest BCUT2D eigenvalue weighted by Crippen LogP contribution is 2.24. The van der Waals surface area contributed by atoms with E-state index in [-0.39, 0.29) is 29.7 Å². The van der Waals surface area contributed by atoms with E-state index in [9.17, 15) is 22.0 Å². The molecule has 0 bridgehead atoms. The minimum Gasteiger partial charge on any atom is -0.489 e. The highest BCUT2D eigenvalue weighted by atomic mass is 35.5. The van der Waals surface area contributed by atoms with Gasteiger partial charge in [-0.1, -0.05) is 35.9 Å². The molecule has 0 spiro atoms. The SMILES string of the molecule is CS(=O)(=O)N(CC(=O)NCc1ccc(OCc2ccc(F)cc2)cc1)c1ccc(F)c(Cl)c1. The van der Waals surface area contributed by atoms with E-state index in [0.717, 1.165) is 33.8 Å². The molecule has 1 N–H and O–H groups in total. The molecule has 174 valence electrons. The van der Waals surface area contributed by atoms with Crippen molar-refractivity contribution in [3.8, 4) is 5.75 Å². The number of carbonyl (C=O) groups excluding carboxylic acids is 1. The molecule has 3 rings (SSSR count). The molecule has 0 saturated heterocycles. The maximum absolute atomic E-state index is 13.4. The number of nitrogens with one attached hydrogen (secondary N) is 1. The van der Waals surface area contributed by atoms with Gasteiger partial charge in [-0.05, 0) is 53.6 Å². The molecule has 0 unspecified atom stereocenters. The summed E-state index contributed by atoms with van der Waals surface area (Å²) in [6.07, 6.45) is 0.947. The minimum atomic E-state index is -3.81. The van der Waals surface area contributed by atoms with Crippen LogP contribution >= 0.6 is 11.6 Å².